The maximum Gasteiger partial charge on any atom is 0.0537 e. The zero-order valence-electron chi connectivity index (χ0n) is 14.9. The Kier molecular flexibility index (Phi) is 5.92. The Hall–Kier alpha value is -1.53. The van der Waals surface area contributed by atoms with Crippen LogP contribution < -0.4 is 4.72 Å². The molecule has 0 aliphatic heterocycles. The van der Waals surface area contributed by atoms with E-state index >= 15 is 0 Å². The van der Waals surface area contributed by atoms with Gasteiger partial charge in [0.1, 0.15) is 0 Å². The second-order valence-corrected chi connectivity index (χ2v) is 8.60. The molecule has 2 aromatic heterocycles. The minimum absolute atomic E-state index is 0.0599. The Bertz CT molecular complexity index is 908. The highest BCUT2D eigenvalue weighted by atomic mass is 35.5. The van der Waals surface area contributed by atoms with Crippen LogP contribution in [0.25, 0.3) is 21.6 Å². The van der Waals surface area contributed by atoms with Gasteiger partial charge in [-0.05, 0) is 52.9 Å². The van der Waals surface area contributed by atoms with Gasteiger partial charge >= 0.3 is 0 Å². The molecule has 0 fully saturated rings. The zero-order valence-corrected chi connectivity index (χ0v) is 17.3. The molecule has 0 spiro atoms. The fourth-order valence-electron chi connectivity index (χ4n) is 2.59. The average Bonchev–Trinajstić information content (AvgIpc) is 3.12. The number of thiophene rings is 1. The number of nitrogens with zero attached hydrogens (tertiary/aromatic N) is 1. The predicted molar refractivity (Wildman–Crippen MR) is 115 cm³/mol. The van der Waals surface area contributed by atoms with Gasteiger partial charge in [-0.25, -0.2) is 0 Å². The van der Waals surface area contributed by atoms with Crippen molar-refractivity contribution in [3.63, 3.8) is 0 Å². The molecule has 2 N–H and O–H groups in total. The van der Waals surface area contributed by atoms with E-state index < -0.39 is 0 Å². The standard InChI is InChI=1S/C20H21ClN2OS2/c1-20(2,12-24)19-9-13(6-7-22-19)14-8-18(26-11-14)16-5-4-15(23-25-3)10-17(16)21/h4-11,23-24H,12H2,1-3H3. The largest absolute Gasteiger partial charge is 0.395 e. The number of nitrogens with one attached hydrogen (secondary N) is 1. The van der Waals surface area contributed by atoms with Gasteiger partial charge in [0.2, 0.25) is 0 Å². The van der Waals surface area contributed by atoms with Crippen LogP contribution in [0.1, 0.15) is 19.5 Å². The molecular formula is C20H21ClN2OS2. The second kappa shape index (κ2) is 8.01. The molecule has 0 atom stereocenters. The summed E-state index contributed by atoms with van der Waals surface area (Å²) in [5.74, 6) is 0. The van der Waals surface area contributed by atoms with E-state index in [9.17, 15) is 5.11 Å². The van der Waals surface area contributed by atoms with Gasteiger partial charge in [0.25, 0.3) is 0 Å². The van der Waals surface area contributed by atoms with E-state index in [0.29, 0.717) is 0 Å². The van der Waals surface area contributed by atoms with Gasteiger partial charge in [0.05, 0.1) is 11.6 Å². The molecule has 0 aliphatic rings. The van der Waals surface area contributed by atoms with Gasteiger partial charge in [-0.2, -0.15) is 0 Å². The molecule has 0 saturated heterocycles. The topological polar surface area (TPSA) is 45.2 Å². The number of hydrogen-bond donors (Lipinski definition) is 2. The quantitative estimate of drug-likeness (QED) is 0.488. The summed E-state index contributed by atoms with van der Waals surface area (Å²) < 4.78 is 3.19. The highest BCUT2D eigenvalue weighted by Gasteiger charge is 2.21. The molecule has 136 valence electrons. The first-order chi connectivity index (χ1) is 12.4. The number of halogens is 1. The molecule has 0 saturated carbocycles. The lowest BCUT2D eigenvalue weighted by atomic mass is 9.89. The number of benzene rings is 1. The third-order valence-corrected chi connectivity index (χ3v) is 5.95. The molecule has 3 nitrogen and oxygen atoms in total. The molecule has 1 aromatic carbocycles. The lowest BCUT2D eigenvalue weighted by molar-refractivity contribution is 0.215. The van der Waals surface area contributed by atoms with Crippen LogP contribution in [-0.2, 0) is 5.41 Å². The Labute approximate surface area is 167 Å². The average molecular weight is 405 g/mol. The van der Waals surface area contributed by atoms with E-state index in [1.54, 1.807) is 29.5 Å². The number of aliphatic hydroxyl groups is 1. The lowest BCUT2D eigenvalue weighted by Crippen LogP contribution is -2.23. The van der Waals surface area contributed by atoms with Crippen LogP contribution in [0.3, 0.4) is 0 Å². The first-order valence-electron chi connectivity index (χ1n) is 8.20. The fraction of sp³-hybridized carbons (Fsp3) is 0.250. The molecule has 0 amide bonds. The maximum atomic E-state index is 9.59. The molecule has 2 heterocycles. The summed E-state index contributed by atoms with van der Waals surface area (Å²) in [6, 6.07) is 12.2. The fourth-order valence-corrected chi connectivity index (χ4v) is 4.25. The molecule has 3 rings (SSSR count). The Morgan fingerprint density at radius 3 is 2.69 bits per heavy atom. The summed E-state index contributed by atoms with van der Waals surface area (Å²) in [4.78, 5) is 5.55. The molecule has 0 bridgehead atoms. The summed E-state index contributed by atoms with van der Waals surface area (Å²) in [6.07, 6.45) is 3.78. The number of anilines is 1. The molecule has 6 heteroatoms. The second-order valence-electron chi connectivity index (χ2n) is 6.67. The first kappa shape index (κ1) is 19.2. The van der Waals surface area contributed by atoms with Crippen molar-refractivity contribution in [1.29, 1.82) is 0 Å². The van der Waals surface area contributed by atoms with Crippen LogP contribution in [0.4, 0.5) is 5.69 Å². The highest BCUT2D eigenvalue weighted by molar-refractivity contribution is 7.99. The maximum absolute atomic E-state index is 9.59. The van der Waals surface area contributed by atoms with E-state index in [-0.39, 0.29) is 12.0 Å². The van der Waals surface area contributed by atoms with E-state index in [0.717, 1.165) is 38.0 Å². The zero-order chi connectivity index (χ0) is 18.7. The van der Waals surface area contributed by atoms with Crippen molar-refractivity contribution in [2.75, 3.05) is 17.6 Å². The Balaban J connectivity index is 1.93. The number of rotatable bonds is 6. The van der Waals surface area contributed by atoms with Crippen LogP contribution in [0, 0.1) is 0 Å². The van der Waals surface area contributed by atoms with Gasteiger partial charge in [-0.1, -0.05) is 37.4 Å². The number of hydrogen-bond acceptors (Lipinski definition) is 5. The van der Waals surface area contributed by atoms with Crippen LogP contribution in [0.2, 0.25) is 5.02 Å². The van der Waals surface area contributed by atoms with Gasteiger partial charge in [0, 0.05) is 39.7 Å². The summed E-state index contributed by atoms with van der Waals surface area (Å²) in [5, 5.41) is 12.5. The van der Waals surface area contributed by atoms with Crippen LogP contribution in [-0.4, -0.2) is 23.0 Å². The van der Waals surface area contributed by atoms with Crippen LogP contribution >= 0.6 is 34.9 Å². The van der Waals surface area contributed by atoms with E-state index in [4.69, 9.17) is 11.6 Å². The van der Waals surface area contributed by atoms with Crippen molar-refractivity contribution >= 4 is 40.6 Å². The summed E-state index contributed by atoms with van der Waals surface area (Å²) >= 11 is 9.69. The van der Waals surface area contributed by atoms with Crippen molar-refractivity contribution in [3.8, 4) is 21.6 Å². The van der Waals surface area contributed by atoms with Crippen molar-refractivity contribution < 1.29 is 5.11 Å². The first-order valence-corrected chi connectivity index (χ1v) is 10.7. The lowest BCUT2D eigenvalue weighted by Gasteiger charge is -2.21. The molecule has 3 aromatic rings. The Morgan fingerprint density at radius 1 is 1.19 bits per heavy atom. The molecule has 26 heavy (non-hydrogen) atoms. The van der Waals surface area contributed by atoms with E-state index in [2.05, 4.69) is 27.2 Å². The van der Waals surface area contributed by atoms with Gasteiger partial charge in [-0.3, -0.25) is 4.98 Å². The number of pyridine rings is 1. The summed E-state index contributed by atoms with van der Waals surface area (Å²) in [5.41, 5.74) is 4.77. The van der Waals surface area contributed by atoms with E-state index in [1.165, 1.54) is 0 Å². The normalized spacial score (nSPS) is 11.6. The minimum atomic E-state index is -0.363. The third kappa shape index (κ3) is 4.07. The van der Waals surface area contributed by atoms with Crippen molar-refractivity contribution in [2.24, 2.45) is 0 Å². The van der Waals surface area contributed by atoms with Crippen molar-refractivity contribution in [1.82, 2.24) is 4.98 Å². The van der Waals surface area contributed by atoms with E-state index in [1.807, 2.05) is 44.4 Å². The number of aromatic nitrogens is 1. The molecular weight excluding hydrogens is 384 g/mol. The van der Waals surface area contributed by atoms with Crippen LogP contribution in [0.15, 0.2) is 48.0 Å². The predicted octanol–water partition coefficient (Wildman–Crippen LogP) is 6.09. The van der Waals surface area contributed by atoms with Gasteiger partial charge in [0.15, 0.2) is 0 Å². The molecule has 0 unspecified atom stereocenters. The summed E-state index contributed by atoms with van der Waals surface area (Å²) in [6.45, 7) is 4.04. The molecule has 0 aliphatic carbocycles. The van der Waals surface area contributed by atoms with Crippen molar-refractivity contribution in [3.05, 3.63) is 58.7 Å². The van der Waals surface area contributed by atoms with Gasteiger partial charge in [-0.15, -0.1) is 11.3 Å². The minimum Gasteiger partial charge on any atom is -0.395 e. The van der Waals surface area contributed by atoms with Crippen molar-refractivity contribution in [2.45, 2.75) is 19.3 Å². The highest BCUT2D eigenvalue weighted by Crippen LogP contribution is 2.38. The molecule has 0 radical (unpaired) electrons. The number of aliphatic hydroxyl groups excluding tert-OH is 1. The smallest absolute Gasteiger partial charge is 0.0537 e. The Morgan fingerprint density at radius 2 is 2.00 bits per heavy atom. The SMILES string of the molecule is CSNc1ccc(-c2cc(-c3ccnc(C(C)(C)CO)c3)cs2)c(Cl)c1. The van der Waals surface area contributed by atoms with Gasteiger partial charge < -0.3 is 9.83 Å². The third-order valence-electron chi connectivity index (χ3n) is 4.24. The monoisotopic (exact) mass is 404 g/mol. The summed E-state index contributed by atoms with van der Waals surface area (Å²) in [7, 11) is 0. The van der Waals surface area contributed by atoms with Crippen LogP contribution in [0.5, 0.6) is 0 Å².